The monoisotopic (exact) mass is 251 g/mol. The van der Waals surface area contributed by atoms with Crippen molar-refractivity contribution in [1.82, 2.24) is 0 Å². The maximum Gasteiger partial charge on any atom is 0.118 e. The molecule has 0 spiro atoms. The highest BCUT2D eigenvalue weighted by Crippen LogP contribution is 2.24. The molecule has 1 heterocycles. The predicted molar refractivity (Wildman–Crippen MR) is 69.7 cm³/mol. The Bertz CT molecular complexity index is 347. The van der Waals surface area contributed by atoms with Crippen molar-refractivity contribution in [2.75, 3.05) is 26.9 Å². The van der Waals surface area contributed by atoms with E-state index in [4.69, 9.17) is 19.9 Å². The van der Waals surface area contributed by atoms with Crippen LogP contribution in [-0.2, 0) is 9.47 Å². The Morgan fingerprint density at radius 2 is 1.94 bits per heavy atom. The summed E-state index contributed by atoms with van der Waals surface area (Å²) in [5.41, 5.74) is 6.91. The van der Waals surface area contributed by atoms with Crippen LogP contribution in [0.15, 0.2) is 24.3 Å². The summed E-state index contributed by atoms with van der Waals surface area (Å²) in [5, 5.41) is 0. The average molecular weight is 251 g/mol. The molecule has 4 heteroatoms. The van der Waals surface area contributed by atoms with Crippen LogP contribution in [0.4, 0.5) is 0 Å². The number of hydrogen-bond donors (Lipinski definition) is 1. The van der Waals surface area contributed by atoms with Gasteiger partial charge in [0.2, 0.25) is 0 Å². The first-order valence-corrected chi connectivity index (χ1v) is 6.40. The van der Waals surface area contributed by atoms with Gasteiger partial charge >= 0.3 is 0 Å². The third-order valence-electron chi connectivity index (χ3n) is 3.23. The lowest BCUT2D eigenvalue weighted by Gasteiger charge is -2.27. The van der Waals surface area contributed by atoms with E-state index < -0.39 is 0 Å². The molecule has 0 bridgehead atoms. The molecule has 0 amide bonds. The van der Waals surface area contributed by atoms with Crippen LogP contribution in [0.3, 0.4) is 0 Å². The zero-order valence-electron chi connectivity index (χ0n) is 10.8. The van der Waals surface area contributed by atoms with E-state index in [1.807, 2.05) is 24.3 Å². The van der Waals surface area contributed by atoms with Gasteiger partial charge in [-0.3, -0.25) is 0 Å². The van der Waals surface area contributed by atoms with Crippen LogP contribution in [0.2, 0.25) is 0 Å². The van der Waals surface area contributed by atoms with Gasteiger partial charge in [-0.1, -0.05) is 12.1 Å². The molecule has 100 valence electrons. The second-order valence-electron chi connectivity index (χ2n) is 4.45. The maximum absolute atomic E-state index is 6.05. The second-order valence-corrected chi connectivity index (χ2v) is 4.45. The predicted octanol–water partition coefficient (Wildman–Crippen LogP) is 1.89. The lowest BCUT2D eigenvalue weighted by atomic mass is 10.1. The highest BCUT2D eigenvalue weighted by atomic mass is 16.5. The van der Waals surface area contributed by atoms with Crippen LogP contribution >= 0.6 is 0 Å². The van der Waals surface area contributed by atoms with Gasteiger partial charge in [0.15, 0.2) is 0 Å². The first-order valence-electron chi connectivity index (χ1n) is 6.40. The number of ether oxygens (including phenoxy) is 3. The van der Waals surface area contributed by atoms with Crippen LogP contribution in [-0.4, -0.2) is 33.0 Å². The van der Waals surface area contributed by atoms with Gasteiger partial charge in [-0.15, -0.1) is 0 Å². The number of rotatable bonds is 5. The summed E-state index contributed by atoms with van der Waals surface area (Å²) in [7, 11) is 1.66. The lowest BCUT2D eigenvalue weighted by Crippen LogP contribution is -2.28. The molecule has 2 rings (SSSR count). The van der Waals surface area contributed by atoms with E-state index in [9.17, 15) is 0 Å². The summed E-state index contributed by atoms with van der Waals surface area (Å²) in [5.74, 6) is 0.848. The molecule has 1 aliphatic rings. The lowest BCUT2D eigenvalue weighted by molar-refractivity contribution is -0.0665. The standard InChI is InChI=1S/C14H21NO3/c1-16-12-4-2-11(3-5-12)14(10-15)18-13-6-8-17-9-7-13/h2-5,13-14H,6-10,15H2,1H3. The Morgan fingerprint density at radius 3 is 2.50 bits per heavy atom. The molecule has 1 unspecified atom stereocenters. The number of benzene rings is 1. The molecule has 0 saturated carbocycles. The van der Waals surface area contributed by atoms with Crippen molar-refractivity contribution >= 4 is 0 Å². The smallest absolute Gasteiger partial charge is 0.118 e. The maximum atomic E-state index is 6.05. The molecular formula is C14H21NO3. The van der Waals surface area contributed by atoms with Gasteiger partial charge in [-0.05, 0) is 30.5 Å². The Morgan fingerprint density at radius 1 is 1.28 bits per heavy atom. The largest absolute Gasteiger partial charge is 0.497 e. The fourth-order valence-corrected chi connectivity index (χ4v) is 2.13. The average Bonchev–Trinajstić information content (AvgIpc) is 2.46. The molecule has 1 fully saturated rings. The van der Waals surface area contributed by atoms with Crippen LogP contribution in [0.1, 0.15) is 24.5 Å². The Labute approximate surface area is 108 Å². The fourth-order valence-electron chi connectivity index (χ4n) is 2.13. The van der Waals surface area contributed by atoms with Crippen molar-refractivity contribution in [1.29, 1.82) is 0 Å². The summed E-state index contributed by atoms with van der Waals surface area (Å²) in [6.45, 7) is 2.05. The number of methoxy groups -OCH3 is 1. The quantitative estimate of drug-likeness (QED) is 0.868. The Balaban J connectivity index is 1.97. The number of hydrogen-bond acceptors (Lipinski definition) is 4. The van der Waals surface area contributed by atoms with E-state index in [2.05, 4.69) is 0 Å². The molecule has 0 aliphatic carbocycles. The van der Waals surface area contributed by atoms with Gasteiger partial charge in [0.05, 0.1) is 19.3 Å². The minimum absolute atomic E-state index is 0.0426. The molecule has 2 N–H and O–H groups in total. The molecule has 1 aromatic rings. The first-order chi connectivity index (χ1) is 8.83. The molecular weight excluding hydrogens is 230 g/mol. The summed E-state index contributed by atoms with van der Waals surface area (Å²) in [6, 6.07) is 7.89. The molecule has 1 aliphatic heterocycles. The van der Waals surface area contributed by atoms with E-state index in [-0.39, 0.29) is 12.2 Å². The summed E-state index contributed by atoms with van der Waals surface area (Å²) < 4.78 is 16.5. The van der Waals surface area contributed by atoms with Crippen molar-refractivity contribution < 1.29 is 14.2 Å². The minimum Gasteiger partial charge on any atom is -0.497 e. The third kappa shape index (κ3) is 3.45. The highest BCUT2D eigenvalue weighted by Gasteiger charge is 2.19. The van der Waals surface area contributed by atoms with Crippen molar-refractivity contribution in [3.63, 3.8) is 0 Å². The second kappa shape index (κ2) is 6.73. The Kier molecular flexibility index (Phi) is 4.99. The van der Waals surface area contributed by atoms with Crippen molar-refractivity contribution in [3.05, 3.63) is 29.8 Å². The normalized spacial score (nSPS) is 18.6. The van der Waals surface area contributed by atoms with E-state index in [1.165, 1.54) is 0 Å². The van der Waals surface area contributed by atoms with Crippen molar-refractivity contribution in [2.24, 2.45) is 5.73 Å². The number of nitrogens with two attached hydrogens (primary N) is 1. The van der Waals surface area contributed by atoms with Crippen molar-refractivity contribution in [2.45, 2.75) is 25.0 Å². The molecule has 18 heavy (non-hydrogen) atoms. The SMILES string of the molecule is COc1ccc(C(CN)OC2CCOCC2)cc1. The van der Waals surface area contributed by atoms with Gasteiger partial charge in [-0.25, -0.2) is 0 Å². The van der Waals surface area contributed by atoms with Crippen molar-refractivity contribution in [3.8, 4) is 5.75 Å². The molecule has 1 atom stereocenters. The van der Waals surface area contributed by atoms with Gasteiger partial charge in [0, 0.05) is 19.8 Å². The summed E-state index contributed by atoms with van der Waals surface area (Å²) >= 11 is 0. The molecule has 1 saturated heterocycles. The van der Waals surface area contributed by atoms with Crippen LogP contribution in [0.5, 0.6) is 5.75 Å². The van der Waals surface area contributed by atoms with E-state index in [0.717, 1.165) is 37.4 Å². The van der Waals surface area contributed by atoms with Crippen LogP contribution < -0.4 is 10.5 Å². The highest BCUT2D eigenvalue weighted by molar-refractivity contribution is 5.28. The molecule has 0 radical (unpaired) electrons. The van der Waals surface area contributed by atoms with E-state index in [0.29, 0.717) is 6.54 Å². The molecule has 1 aromatic carbocycles. The van der Waals surface area contributed by atoms with Gasteiger partial charge in [0.25, 0.3) is 0 Å². The van der Waals surface area contributed by atoms with E-state index in [1.54, 1.807) is 7.11 Å². The van der Waals surface area contributed by atoms with Crippen LogP contribution in [0, 0.1) is 0 Å². The fraction of sp³-hybridized carbons (Fsp3) is 0.571. The zero-order chi connectivity index (χ0) is 12.8. The van der Waals surface area contributed by atoms with Crippen LogP contribution in [0.25, 0.3) is 0 Å². The zero-order valence-corrected chi connectivity index (χ0v) is 10.8. The summed E-state index contributed by atoms with van der Waals surface area (Å²) in [6.07, 6.45) is 2.12. The van der Waals surface area contributed by atoms with Gasteiger partial charge in [-0.2, -0.15) is 0 Å². The Hall–Kier alpha value is -1.10. The topological polar surface area (TPSA) is 53.7 Å². The van der Waals surface area contributed by atoms with E-state index >= 15 is 0 Å². The first kappa shape index (κ1) is 13.3. The third-order valence-corrected chi connectivity index (χ3v) is 3.23. The summed E-state index contributed by atoms with van der Waals surface area (Å²) in [4.78, 5) is 0. The van der Waals surface area contributed by atoms with Gasteiger partial charge in [0.1, 0.15) is 5.75 Å². The molecule has 4 nitrogen and oxygen atoms in total. The van der Waals surface area contributed by atoms with Gasteiger partial charge < -0.3 is 19.9 Å². The minimum atomic E-state index is -0.0426. The molecule has 0 aromatic heterocycles.